The van der Waals surface area contributed by atoms with Crippen LogP contribution in [0.15, 0.2) is 0 Å². The van der Waals surface area contributed by atoms with Gasteiger partial charge in [0.25, 0.3) is 5.09 Å². The molecule has 0 aliphatic rings. The van der Waals surface area contributed by atoms with Crippen molar-refractivity contribution in [2.45, 2.75) is 0 Å². The van der Waals surface area contributed by atoms with Crippen LogP contribution < -0.4 is 63.7 Å². The first-order valence-electron chi connectivity index (χ1n) is 1.91. The van der Waals surface area contributed by atoms with Crippen LogP contribution in [0.1, 0.15) is 2.85 Å². The van der Waals surface area contributed by atoms with E-state index in [0.717, 1.165) is 0 Å². The molecule has 0 aliphatic carbocycles. The summed E-state index contributed by atoms with van der Waals surface area (Å²) in [7, 11) is -10.1. The van der Waals surface area contributed by atoms with Crippen LogP contribution in [-0.2, 0) is 20.8 Å². The van der Waals surface area contributed by atoms with Gasteiger partial charge in [-0.3, -0.25) is 13.0 Å². The molecule has 0 rings (SSSR count). The fourth-order valence-corrected chi connectivity index (χ4v) is 0. The third-order valence-electron chi connectivity index (χ3n) is 0. The second-order valence-electron chi connectivity index (χ2n) is 1.07. The minimum atomic E-state index is -5.17. The fraction of sp³-hybridized carbons (Fsp3) is 0. The second-order valence-corrected chi connectivity index (χ2v) is 2.75. The molecule has 8 N–H and O–H groups in total. The van der Waals surface area contributed by atoms with E-state index in [0.29, 0.717) is 0 Å². The molecule has 0 heterocycles. The van der Waals surface area contributed by atoms with E-state index >= 15 is 0 Å². The van der Waals surface area contributed by atoms with Gasteiger partial charge in [-0.25, -0.2) is 8.42 Å². The van der Waals surface area contributed by atoms with Crippen LogP contribution in [0.2, 0.25) is 0 Å². The normalized spacial score (nSPS) is 8.24. The molecule has 0 radical (unpaired) electrons. The first kappa shape index (κ1) is 36.0. The summed E-state index contributed by atoms with van der Waals surface area (Å²) in [4.78, 5) is 8.36. The summed E-state index contributed by atoms with van der Waals surface area (Å²) in [6.45, 7) is 0. The van der Waals surface area contributed by atoms with Crippen molar-refractivity contribution in [3.05, 3.63) is 10.1 Å². The van der Waals surface area contributed by atoms with Gasteiger partial charge < -0.3 is 31.2 Å². The van der Waals surface area contributed by atoms with Crippen LogP contribution in [0, 0.1) is 10.1 Å². The molecule has 0 aliphatic heterocycles. The zero-order valence-electron chi connectivity index (χ0n) is 10.2. The van der Waals surface area contributed by atoms with Crippen LogP contribution in [0.4, 0.5) is 0 Å². The Labute approximate surface area is 141 Å². The van der Waals surface area contributed by atoms with Gasteiger partial charge in [0, 0.05) is 10.4 Å². The quantitative estimate of drug-likeness (QED) is 0.106. The third-order valence-corrected chi connectivity index (χ3v) is 0. The number of hydrogen-bond donors (Lipinski definition) is 4. The molecule has 0 bridgehead atoms. The summed E-state index contributed by atoms with van der Waals surface area (Å²) < 4.78 is 66.9. The Bertz CT molecular complexity index is 300. The Morgan fingerprint density at radius 1 is 1.00 bits per heavy atom. The van der Waals surface area contributed by atoms with Crippen LogP contribution in [-0.4, -0.2) is 45.3 Å². The Morgan fingerprint density at radius 2 is 1.00 bits per heavy atom. The van der Waals surface area contributed by atoms with E-state index in [1.807, 2.05) is 0 Å². The molecular weight excluding hydrogens is 321 g/mol. The molecule has 0 aromatic carbocycles. The van der Waals surface area contributed by atoms with Crippen molar-refractivity contribution in [1.29, 1.82) is 0 Å². The maximum absolute atomic E-state index is 8.63. The molecule has 0 aromatic rings. The summed E-state index contributed by atoms with van der Waals surface area (Å²) in [5.74, 6) is 0. The van der Waals surface area contributed by atoms with E-state index in [1.54, 1.807) is 0 Å². The summed E-state index contributed by atoms with van der Waals surface area (Å²) in [5.41, 5.74) is 0. The molecule has 0 amide bonds. The van der Waals surface area contributed by atoms with Crippen molar-refractivity contribution in [3.8, 4) is 0 Å². The molecule has 0 fully saturated rings. The first-order chi connectivity index (χ1) is 5.73. The second kappa shape index (κ2) is 16.5. The molecule has 0 unspecified atom stereocenters. The predicted molar refractivity (Wildman–Crippen MR) is 43.8 cm³/mol. The van der Waals surface area contributed by atoms with Crippen LogP contribution >= 0.6 is 0 Å². The predicted octanol–water partition coefficient (Wildman–Crippen LogP) is -5.13. The van der Waals surface area contributed by atoms with Crippen molar-refractivity contribution < 1.29 is 99.6 Å². The molecule has 0 saturated heterocycles. The van der Waals surface area contributed by atoms with Gasteiger partial charge in [0.2, 0.25) is 10.4 Å². The monoisotopic (exact) mass is 331 g/mol. The number of hydrogen-bond acceptors (Lipinski definition) is 11. The van der Waals surface area contributed by atoms with Gasteiger partial charge in [-0.15, -0.1) is 10.1 Å². The van der Waals surface area contributed by atoms with Crippen molar-refractivity contribution >= 4 is 20.8 Å². The van der Waals surface area contributed by atoms with Crippen molar-refractivity contribution in [2.75, 3.05) is 0 Å². The van der Waals surface area contributed by atoms with E-state index in [-0.39, 0.29) is 66.5 Å². The Balaban J connectivity index is -0.0000000141. The molecule has 0 saturated carbocycles. The zero-order valence-corrected chi connectivity index (χ0v) is 13.0. The summed E-state index contributed by atoms with van der Waals surface area (Å²) >= 11 is 0. The average molecular weight is 331 g/mol. The minimum Gasteiger partial charge on any atom is -0.759 e. The van der Waals surface area contributed by atoms with Gasteiger partial charge in [-0.2, -0.15) is 0 Å². The van der Waals surface area contributed by atoms with E-state index in [1.165, 1.54) is 0 Å². The van der Waals surface area contributed by atoms with Gasteiger partial charge in [0.1, 0.15) is 0 Å². The van der Waals surface area contributed by atoms with E-state index < -0.39 is 25.9 Å². The SMILES string of the molecule is N.N.O=S(=O)([O-])O.O=S(=O)([O-])[O-].O=[N+]([O-])O.[H+].[H+].[K+]. The molecule has 104 valence electrons. The fourth-order valence-electron chi connectivity index (χ4n) is 0. The number of nitrogens with zero attached hydrogens (tertiary/aromatic N) is 1. The maximum Gasteiger partial charge on any atom is 1.00 e. The van der Waals surface area contributed by atoms with E-state index in [2.05, 4.69) is 0 Å². The van der Waals surface area contributed by atoms with Crippen LogP contribution in [0.5, 0.6) is 0 Å². The van der Waals surface area contributed by atoms with Gasteiger partial charge in [0.05, 0.1) is 0 Å². The number of rotatable bonds is 0. The first-order valence-corrected chi connectivity index (χ1v) is 4.61. The zero-order chi connectivity index (χ0) is 12.6. The van der Waals surface area contributed by atoms with Crippen molar-refractivity contribution in [1.82, 2.24) is 12.3 Å². The van der Waals surface area contributed by atoms with Crippen molar-refractivity contribution in [2.24, 2.45) is 0 Å². The minimum absolute atomic E-state index is 0. The van der Waals surface area contributed by atoms with E-state index in [4.69, 9.17) is 50.4 Å². The molecular formula is H10KN3O11S2. The Hall–Kier alpha value is 0.496. The van der Waals surface area contributed by atoms with Gasteiger partial charge >= 0.3 is 54.2 Å². The van der Waals surface area contributed by atoms with E-state index in [9.17, 15) is 0 Å². The van der Waals surface area contributed by atoms with Crippen LogP contribution in [0.25, 0.3) is 0 Å². The topological polar surface area (TPSA) is 291 Å². The molecule has 0 atom stereocenters. The Kier molecular flexibility index (Phi) is 35.0. The average Bonchev–Trinajstić information content (AvgIpc) is 1.45. The standard InChI is InChI=1S/K.HNO3.2H3N.2H2O4S/c;2-1(3)4;;;2*1-5(2,3)4/h;(H,2,3,4);2*1H3;2*(H2,1,2,3,4)/q+1;;;;;/p-1. The van der Waals surface area contributed by atoms with Crippen LogP contribution in [0.3, 0.4) is 0 Å². The summed E-state index contributed by atoms with van der Waals surface area (Å²) in [5, 5.41) is 13.6. The smallest absolute Gasteiger partial charge is 0.759 e. The largest absolute Gasteiger partial charge is 1.00 e. The molecule has 0 spiro atoms. The van der Waals surface area contributed by atoms with Gasteiger partial charge in [0.15, 0.2) is 0 Å². The summed E-state index contributed by atoms with van der Waals surface area (Å²) in [6, 6.07) is 0. The summed E-state index contributed by atoms with van der Waals surface area (Å²) in [6.07, 6.45) is 0. The van der Waals surface area contributed by atoms with Crippen molar-refractivity contribution in [3.63, 3.8) is 0 Å². The third kappa shape index (κ3) is 14100. The van der Waals surface area contributed by atoms with Gasteiger partial charge in [-0.05, 0) is 0 Å². The maximum atomic E-state index is 8.63. The van der Waals surface area contributed by atoms with Gasteiger partial charge in [-0.1, -0.05) is 0 Å². The molecule has 14 nitrogen and oxygen atoms in total. The Morgan fingerprint density at radius 3 is 1.00 bits per heavy atom. The molecule has 17 heavy (non-hydrogen) atoms. The molecule has 0 aromatic heterocycles. The molecule has 17 heteroatoms.